The van der Waals surface area contributed by atoms with Gasteiger partial charge in [0.25, 0.3) is 5.91 Å². The molecule has 0 aliphatic carbocycles. The summed E-state index contributed by atoms with van der Waals surface area (Å²) in [6.07, 6.45) is 1.39. The summed E-state index contributed by atoms with van der Waals surface area (Å²) in [4.78, 5) is 15.8. The van der Waals surface area contributed by atoms with E-state index in [1.54, 1.807) is 13.0 Å². The zero-order valence-electron chi connectivity index (χ0n) is 10.1. The molecule has 0 fully saturated rings. The predicted molar refractivity (Wildman–Crippen MR) is 72.7 cm³/mol. The Bertz CT molecular complexity index is 629. The highest BCUT2D eigenvalue weighted by Crippen LogP contribution is 2.18. The lowest BCUT2D eigenvalue weighted by molar-refractivity contribution is 0.102. The highest BCUT2D eigenvalue weighted by atomic mass is 35.5. The van der Waals surface area contributed by atoms with Gasteiger partial charge in [0.15, 0.2) is 0 Å². The molecule has 1 heterocycles. The van der Waals surface area contributed by atoms with Crippen molar-refractivity contribution < 1.29 is 9.18 Å². The molecule has 0 aliphatic heterocycles. The number of aryl methyl sites for hydroxylation is 1. The molecular formula is C13H11ClFN3O. The number of hydrogen-bond acceptors (Lipinski definition) is 3. The minimum absolute atomic E-state index is 0.116. The molecule has 1 amide bonds. The van der Waals surface area contributed by atoms with Gasteiger partial charge in [0.05, 0.1) is 10.6 Å². The van der Waals surface area contributed by atoms with Gasteiger partial charge in [-0.05, 0) is 36.8 Å². The van der Waals surface area contributed by atoms with Crippen molar-refractivity contribution in [2.45, 2.75) is 6.92 Å². The van der Waals surface area contributed by atoms with E-state index >= 15 is 0 Å². The van der Waals surface area contributed by atoms with E-state index in [2.05, 4.69) is 10.3 Å². The number of pyridine rings is 1. The molecule has 3 N–H and O–H groups in total. The van der Waals surface area contributed by atoms with Gasteiger partial charge in [-0.15, -0.1) is 0 Å². The highest BCUT2D eigenvalue weighted by molar-refractivity contribution is 6.30. The van der Waals surface area contributed by atoms with Crippen LogP contribution in [0.15, 0.2) is 30.5 Å². The first-order chi connectivity index (χ1) is 8.97. The number of hydrogen-bond donors (Lipinski definition) is 2. The predicted octanol–water partition coefficient (Wildman–Crippen LogP) is 3.02. The van der Waals surface area contributed by atoms with E-state index in [-0.39, 0.29) is 11.4 Å². The van der Waals surface area contributed by atoms with Crippen LogP contribution in [-0.4, -0.2) is 10.9 Å². The maximum atomic E-state index is 13.8. The van der Waals surface area contributed by atoms with Crippen LogP contribution < -0.4 is 11.1 Å². The number of aromatic nitrogens is 1. The molecule has 0 atom stereocenters. The Labute approximate surface area is 114 Å². The van der Waals surface area contributed by atoms with Gasteiger partial charge in [-0.1, -0.05) is 11.6 Å². The third-order valence-corrected chi connectivity index (χ3v) is 2.71. The molecule has 4 nitrogen and oxygen atoms in total. The van der Waals surface area contributed by atoms with Crippen molar-refractivity contribution in [3.05, 3.63) is 52.4 Å². The maximum absolute atomic E-state index is 13.8. The van der Waals surface area contributed by atoms with Crippen LogP contribution in [-0.2, 0) is 0 Å². The lowest BCUT2D eigenvalue weighted by Crippen LogP contribution is -2.15. The van der Waals surface area contributed by atoms with Crippen molar-refractivity contribution in [2.75, 3.05) is 11.1 Å². The molecule has 1 aromatic heterocycles. The van der Waals surface area contributed by atoms with Crippen molar-refractivity contribution in [1.82, 2.24) is 4.98 Å². The summed E-state index contributed by atoms with van der Waals surface area (Å²) in [6.45, 7) is 1.54. The van der Waals surface area contributed by atoms with Crippen molar-refractivity contribution >= 4 is 29.0 Å². The van der Waals surface area contributed by atoms with Crippen molar-refractivity contribution in [1.29, 1.82) is 0 Å². The summed E-state index contributed by atoms with van der Waals surface area (Å²) < 4.78 is 13.8. The van der Waals surface area contributed by atoms with Gasteiger partial charge in [0, 0.05) is 11.9 Å². The third-order valence-electron chi connectivity index (χ3n) is 2.49. The molecule has 0 spiro atoms. The van der Waals surface area contributed by atoms with E-state index < -0.39 is 11.7 Å². The Morgan fingerprint density at radius 2 is 2.16 bits per heavy atom. The quantitative estimate of drug-likeness (QED) is 0.830. The SMILES string of the molecule is Cc1cc(N)cc(C(=O)Nc2ccc(Cl)cn2)c1F. The average molecular weight is 280 g/mol. The van der Waals surface area contributed by atoms with E-state index in [1.807, 2.05) is 0 Å². The number of rotatable bonds is 2. The Hall–Kier alpha value is -2.14. The van der Waals surface area contributed by atoms with Crippen LogP contribution >= 0.6 is 11.6 Å². The number of carbonyl (C=O) groups is 1. The zero-order chi connectivity index (χ0) is 14.0. The number of amides is 1. The second-order valence-corrected chi connectivity index (χ2v) is 4.45. The molecule has 0 saturated heterocycles. The first kappa shape index (κ1) is 13.3. The number of halogens is 2. The van der Waals surface area contributed by atoms with Crippen LogP contribution in [0.2, 0.25) is 5.02 Å². The van der Waals surface area contributed by atoms with Crippen molar-refractivity contribution in [2.24, 2.45) is 0 Å². The Morgan fingerprint density at radius 1 is 1.42 bits per heavy atom. The van der Waals surface area contributed by atoms with Crippen molar-refractivity contribution in [3.63, 3.8) is 0 Å². The van der Waals surface area contributed by atoms with Crippen LogP contribution in [0, 0.1) is 12.7 Å². The first-order valence-electron chi connectivity index (χ1n) is 5.46. The van der Waals surface area contributed by atoms with Crippen LogP contribution in [0.25, 0.3) is 0 Å². The van der Waals surface area contributed by atoms with Crippen LogP contribution in [0.1, 0.15) is 15.9 Å². The summed E-state index contributed by atoms with van der Waals surface area (Å²) in [5.41, 5.74) is 6.12. The standard InChI is InChI=1S/C13H11ClFN3O/c1-7-4-9(16)5-10(12(7)15)13(19)18-11-3-2-8(14)6-17-11/h2-6H,16H2,1H3,(H,17,18,19). The van der Waals surface area contributed by atoms with E-state index in [4.69, 9.17) is 17.3 Å². The number of nitrogens with two attached hydrogens (primary N) is 1. The molecular weight excluding hydrogens is 269 g/mol. The van der Waals surface area contributed by atoms with E-state index in [9.17, 15) is 9.18 Å². The fourth-order valence-electron chi connectivity index (χ4n) is 1.60. The molecule has 2 aromatic rings. The average Bonchev–Trinajstić information content (AvgIpc) is 2.36. The van der Waals surface area contributed by atoms with Gasteiger partial charge in [-0.2, -0.15) is 0 Å². The minimum atomic E-state index is -0.609. The number of anilines is 2. The van der Waals surface area contributed by atoms with Crippen LogP contribution in [0.4, 0.5) is 15.9 Å². The third kappa shape index (κ3) is 3.00. The molecule has 19 heavy (non-hydrogen) atoms. The van der Waals surface area contributed by atoms with Crippen LogP contribution in [0.3, 0.4) is 0 Å². The smallest absolute Gasteiger partial charge is 0.259 e. The first-order valence-corrected chi connectivity index (χ1v) is 5.83. The topological polar surface area (TPSA) is 68.0 Å². The summed E-state index contributed by atoms with van der Waals surface area (Å²) in [7, 11) is 0. The second-order valence-electron chi connectivity index (χ2n) is 4.02. The normalized spacial score (nSPS) is 10.3. The van der Waals surface area contributed by atoms with Crippen molar-refractivity contribution in [3.8, 4) is 0 Å². The number of nitrogen functional groups attached to an aromatic ring is 1. The zero-order valence-corrected chi connectivity index (χ0v) is 10.8. The van der Waals surface area contributed by atoms with Gasteiger partial charge >= 0.3 is 0 Å². The Morgan fingerprint density at radius 3 is 2.79 bits per heavy atom. The van der Waals surface area contributed by atoms with E-state index in [0.29, 0.717) is 16.3 Å². The number of nitrogens with zero attached hydrogens (tertiary/aromatic N) is 1. The summed E-state index contributed by atoms with van der Waals surface area (Å²) in [5.74, 6) is -0.919. The maximum Gasteiger partial charge on any atom is 0.259 e. The highest BCUT2D eigenvalue weighted by Gasteiger charge is 2.15. The van der Waals surface area contributed by atoms with E-state index in [1.165, 1.54) is 24.4 Å². The Balaban J connectivity index is 2.27. The second kappa shape index (κ2) is 5.24. The minimum Gasteiger partial charge on any atom is -0.399 e. The molecule has 6 heteroatoms. The molecule has 0 aliphatic rings. The molecule has 98 valence electrons. The molecule has 0 radical (unpaired) electrons. The van der Waals surface area contributed by atoms with Crippen LogP contribution in [0.5, 0.6) is 0 Å². The fraction of sp³-hybridized carbons (Fsp3) is 0.0769. The Kier molecular flexibility index (Phi) is 3.66. The summed E-state index contributed by atoms with van der Waals surface area (Å²) in [5, 5.41) is 2.92. The molecule has 0 saturated carbocycles. The largest absolute Gasteiger partial charge is 0.399 e. The van der Waals surface area contributed by atoms with Gasteiger partial charge in [0.2, 0.25) is 0 Å². The lowest BCUT2D eigenvalue weighted by Gasteiger charge is -2.08. The lowest BCUT2D eigenvalue weighted by atomic mass is 10.1. The van der Waals surface area contributed by atoms with Gasteiger partial charge in [-0.3, -0.25) is 4.79 Å². The van der Waals surface area contributed by atoms with Gasteiger partial charge in [-0.25, -0.2) is 9.37 Å². The number of benzene rings is 1. The molecule has 2 rings (SSSR count). The number of nitrogens with one attached hydrogen (secondary N) is 1. The molecule has 1 aromatic carbocycles. The number of carbonyl (C=O) groups excluding carboxylic acids is 1. The molecule has 0 bridgehead atoms. The van der Waals surface area contributed by atoms with Gasteiger partial charge < -0.3 is 11.1 Å². The van der Waals surface area contributed by atoms with Gasteiger partial charge in [0.1, 0.15) is 11.6 Å². The monoisotopic (exact) mass is 279 g/mol. The molecule has 0 unspecified atom stereocenters. The summed E-state index contributed by atoms with van der Waals surface area (Å²) in [6, 6.07) is 5.85. The fourth-order valence-corrected chi connectivity index (χ4v) is 1.71. The van der Waals surface area contributed by atoms with E-state index in [0.717, 1.165) is 0 Å². The summed E-state index contributed by atoms with van der Waals surface area (Å²) >= 11 is 5.68.